The standard InChI is InChI=1S/C13H16N2O3/c1-2-10-4-3-5-11(8-10)17-9-13-15-14-12(18-13)6-7-16/h3-5,8,16H,2,6-7,9H2,1H3. The molecule has 1 aromatic carbocycles. The third-order valence-corrected chi connectivity index (χ3v) is 2.50. The molecule has 0 aliphatic carbocycles. The van der Waals surface area contributed by atoms with Gasteiger partial charge in [-0.2, -0.15) is 0 Å². The summed E-state index contributed by atoms with van der Waals surface area (Å²) in [6.45, 7) is 2.34. The zero-order valence-corrected chi connectivity index (χ0v) is 10.3. The summed E-state index contributed by atoms with van der Waals surface area (Å²) in [5.41, 5.74) is 1.22. The van der Waals surface area contributed by atoms with Gasteiger partial charge in [0.05, 0.1) is 6.61 Å². The van der Waals surface area contributed by atoms with Crippen molar-refractivity contribution in [2.45, 2.75) is 26.4 Å². The van der Waals surface area contributed by atoms with E-state index in [1.54, 1.807) is 0 Å². The summed E-state index contributed by atoms with van der Waals surface area (Å²) < 4.78 is 10.9. The van der Waals surface area contributed by atoms with Crippen LogP contribution < -0.4 is 4.74 Å². The zero-order valence-electron chi connectivity index (χ0n) is 10.3. The zero-order chi connectivity index (χ0) is 12.8. The molecule has 5 nitrogen and oxygen atoms in total. The van der Waals surface area contributed by atoms with Gasteiger partial charge in [-0.05, 0) is 24.1 Å². The molecule has 0 aliphatic rings. The molecule has 0 saturated heterocycles. The van der Waals surface area contributed by atoms with Crippen LogP contribution in [0.4, 0.5) is 0 Å². The van der Waals surface area contributed by atoms with E-state index in [0.29, 0.717) is 18.2 Å². The van der Waals surface area contributed by atoms with Crippen molar-refractivity contribution < 1.29 is 14.3 Å². The quantitative estimate of drug-likeness (QED) is 0.843. The predicted molar refractivity (Wildman–Crippen MR) is 65.2 cm³/mol. The van der Waals surface area contributed by atoms with Crippen LogP contribution in [0.2, 0.25) is 0 Å². The van der Waals surface area contributed by atoms with Gasteiger partial charge in [0, 0.05) is 6.42 Å². The minimum atomic E-state index is 0.00103. The summed E-state index contributed by atoms with van der Waals surface area (Å²) in [6, 6.07) is 7.90. The van der Waals surface area contributed by atoms with E-state index >= 15 is 0 Å². The van der Waals surface area contributed by atoms with Crippen LogP contribution in [0.25, 0.3) is 0 Å². The number of benzene rings is 1. The van der Waals surface area contributed by atoms with Gasteiger partial charge >= 0.3 is 0 Å². The van der Waals surface area contributed by atoms with Crippen molar-refractivity contribution in [3.05, 3.63) is 41.6 Å². The fourth-order valence-electron chi connectivity index (χ4n) is 1.54. The van der Waals surface area contributed by atoms with E-state index in [1.807, 2.05) is 18.2 Å². The molecule has 2 rings (SSSR count). The average Bonchev–Trinajstić information content (AvgIpc) is 2.85. The highest BCUT2D eigenvalue weighted by atomic mass is 16.5. The molecule has 5 heteroatoms. The summed E-state index contributed by atoms with van der Waals surface area (Å²) in [5, 5.41) is 16.4. The minimum absolute atomic E-state index is 0.00103. The van der Waals surface area contributed by atoms with Crippen molar-refractivity contribution in [1.29, 1.82) is 0 Å². The Morgan fingerprint density at radius 1 is 1.28 bits per heavy atom. The van der Waals surface area contributed by atoms with Crippen LogP contribution in [-0.4, -0.2) is 21.9 Å². The first-order valence-electron chi connectivity index (χ1n) is 5.95. The number of nitrogens with zero attached hydrogens (tertiary/aromatic N) is 2. The molecule has 1 heterocycles. The molecule has 0 bridgehead atoms. The van der Waals surface area contributed by atoms with E-state index in [0.717, 1.165) is 12.2 Å². The van der Waals surface area contributed by atoms with E-state index in [1.165, 1.54) is 5.56 Å². The summed E-state index contributed by atoms with van der Waals surface area (Å²) in [4.78, 5) is 0. The summed E-state index contributed by atoms with van der Waals surface area (Å²) in [5.74, 6) is 1.63. The van der Waals surface area contributed by atoms with Gasteiger partial charge in [0.25, 0.3) is 5.89 Å². The maximum absolute atomic E-state index is 8.74. The van der Waals surface area contributed by atoms with Crippen LogP contribution >= 0.6 is 0 Å². The Kier molecular flexibility index (Phi) is 4.30. The molecular formula is C13H16N2O3. The second-order valence-corrected chi connectivity index (χ2v) is 3.85. The Morgan fingerprint density at radius 3 is 2.89 bits per heavy atom. The number of ether oxygens (including phenoxy) is 1. The first-order valence-corrected chi connectivity index (χ1v) is 5.95. The van der Waals surface area contributed by atoms with Crippen LogP contribution in [0.5, 0.6) is 5.75 Å². The van der Waals surface area contributed by atoms with Crippen molar-refractivity contribution in [2.75, 3.05) is 6.61 Å². The average molecular weight is 248 g/mol. The van der Waals surface area contributed by atoms with E-state index < -0.39 is 0 Å². The van der Waals surface area contributed by atoms with Gasteiger partial charge in [-0.15, -0.1) is 10.2 Å². The Hall–Kier alpha value is -1.88. The molecular weight excluding hydrogens is 232 g/mol. The van der Waals surface area contributed by atoms with Crippen LogP contribution in [-0.2, 0) is 19.4 Å². The molecule has 0 spiro atoms. The fourth-order valence-corrected chi connectivity index (χ4v) is 1.54. The van der Waals surface area contributed by atoms with Gasteiger partial charge in [0.1, 0.15) is 5.75 Å². The molecule has 0 atom stereocenters. The molecule has 1 aromatic heterocycles. The predicted octanol–water partition coefficient (Wildman–Crippen LogP) is 1.75. The van der Waals surface area contributed by atoms with Gasteiger partial charge in [-0.1, -0.05) is 19.1 Å². The highest BCUT2D eigenvalue weighted by Gasteiger charge is 2.06. The SMILES string of the molecule is CCc1cccc(OCc2nnc(CCO)o2)c1. The lowest BCUT2D eigenvalue weighted by Crippen LogP contribution is -1.96. The largest absolute Gasteiger partial charge is 0.484 e. The third kappa shape index (κ3) is 3.30. The Balaban J connectivity index is 1.93. The molecule has 96 valence electrons. The maximum Gasteiger partial charge on any atom is 0.253 e. The first-order chi connectivity index (χ1) is 8.81. The van der Waals surface area contributed by atoms with E-state index in [-0.39, 0.29) is 13.2 Å². The number of hydrogen-bond acceptors (Lipinski definition) is 5. The third-order valence-electron chi connectivity index (χ3n) is 2.50. The van der Waals surface area contributed by atoms with Crippen molar-refractivity contribution >= 4 is 0 Å². The number of aryl methyl sites for hydroxylation is 1. The molecule has 0 radical (unpaired) electrons. The normalized spacial score (nSPS) is 10.6. The minimum Gasteiger partial charge on any atom is -0.484 e. The summed E-state index contributed by atoms with van der Waals surface area (Å²) in [6.07, 6.45) is 1.34. The van der Waals surface area contributed by atoms with Crippen molar-refractivity contribution in [3.63, 3.8) is 0 Å². The number of aromatic nitrogens is 2. The molecule has 2 aromatic rings. The van der Waals surface area contributed by atoms with Gasteiger partial charge < -0.3 is 14.3 Å². The van der Waals surface area contributed by atoms with Crippen LogP contribution in [0.3, 0.4) is 0 Å². The molecule has 0 unspecified atom stereocenters. The summed E-state index contributed by atoms with van der Waals surface area (Å²) in [7, 11) is 0. The second kappa shape index (κ2) is 6.16. The topological polar surface area (TPSA) is 68.4 Å². The van der Waals surface area contributed by atoms with Crippen LogP contribution in [0.1, 0.15) is 24.3 Å². The second-order valence-electron chi connectivity index (χ2n) is 3.85. The van der Waals surface area contributed by atoms with Crippen molar-refractivity contribution in [1.82, 2.24) is 10.2 Å². The smallest absolute Gasteiger partial charge is 0.253 e. The molecule has 0 amide bonds. The number of aliphatic hydroxyl groups excluding tert-OH is 1. The summed E-state index contributed by atoms with van der Waals surface area (Å²) >= 11 is 0. The number of aliphatic hydroxyl groups is 1. The first kappa shape index (κ1) is 12.6. The fraction of sp³-hybridized carbons (Fsp3) is 0.385. The highest BCUT2D eigenvalue weighted by molar-refractivity contribution is 5.28. The number of rotatable bonds is 6. The van der Waals surface area contributed by atoms with E-state index in [2.05, 4.69) is 23.2 Å². The molecule has 0 fully saturated rings. The molecule has 0 aliphatic heterocycles. The van der Waals surface area contributed by atoms with Crippen molar-refractivity contribution in [2.24, 2.45) is 0 Å². The lowest BCUT2D eigenvalue weighted by atomic mass is 10.2. The van der Waals surface area contributed by atoms with Gasteiger partial charge in [-0.3, -0.25) is 0 Å². The maximum atomic E-state index is 8.74. The van der Waals surface area contributed by atoms with E-state index in [9.17, 15) is 0 Å². The van der Waals surface area contributed by atoms with Gasteiger partial charge in [-0.25, -0.2) is 0 Å². The van der Waals surface area contributed by atoms with Crippen LogP contribution in [0, 0.1) is 0 Å². The Morgan fingerprint density at radius 2 is 2.11 bits per heavy atom. The Labute approximate surface area is 105 Å². The monoisotopic (exact) mass is 248 g/mol. The number of hydrogen-bond donors (Lipinski definition) is 1. The highest BCUT2D eigenvalue weighted by Crippen LogP contribution is 2.15. The van der Waals surface area contributed by atoms with Gasteiger partial charge in [0.2, 0.25) is 5.89 Å². The Bertz CT molecular complexity index is 496. The lowest BCUT2D eigenvalue weighted by molar-refractivity contribution is 0.249. The molecule has 0 saturated carbocycles. The molecule has 18 heavy (non-hydrogen) atoms. The van der Waals surface area contributed by atoms with Gasteiger partial charge in [0.15, 0.2) is 6.61 Å². The van der Waals surface area contributed by atoms with E-state index in [4.69, 9.17) is 14.3 Å². The lowest BCUT2D eigenvalue weighted by Gasteiger charge is -2.04. The van der Waals surface area contributed by atoms with Crippen LogP contribution in [0.15, 0.2) is 28.7 Å². The van der Waals surface area contributed by atoms with Crippen molar-refractivity contribution in [3.8, 4) is 5.75 Å². The molecule has 1 N–H and O–H groups in total.